The summed E-state index contributed by atoms with van der Waals surface area (Å²) < 4.78 is 0. The molecule has 2 heteroatoms. The molecule has 1 saturated carbocycles. The summed E-state index contributed by atoms with van der Waals surface area (Å²) in [7, 11) is 0. The molecule has 0 saturated heterocycles. The Labute approximate surface area is 87.0 Å². The van der Waals surface area contributed by atoms with Crippen molar-refractivity contribution in [3.63, 3.8) is 0 Å². The van der Waals surface area contributed by atoms with Crippen molar-refractivity contribution >= 4 is 0 Å². The molecule has 0 radical (unpaired) electrons. The van der Waals surface area contributed by atoms with Crippen molar-refractivity contribution in [1.82, 2.24) is 5.32 Å². The van der Waals surface area contributed by atoms with E-state index < -0.39 is 0 Å². The zero-order valence-corrected chi connectivity index (χ0v) is 9.05. The molecule has 0 unspecified atom stereocenters. The van der Waals surface area contributed by atoms with Crippen LogP contribution in [0.25, 0.3) is 0 Å². The molecule has 1 fully saturated rings. The number of hydrogen-bond donors (Lipinski definition) is 1. The van der Waals surface area contributed by atoms with Gasteiger partial charge in [-0.1, -0.05) is 19.4 Å². The van der Waals surface area contributed by atoms with Gasteiger partial charge in [0.15, 0.2) is 0 Å². The van der Waals surface area contributed by atoms with E-state index in [9.17, 15) is 5.26 Å². The first kappa shape index (κ1) is 11.3. The second kappa shape index (κ2) is 5.17. The lowest BCUT2D eigenvalue weighted by molar-refractivity contribution is 0.240. The molecule has 0 atom stereocenters. The second-order valence-electron chi connectivity index (χ2n) is 4.22. The zero-order valence-electron chi connectivity index (χ0n) is 9.05. The van der Waals surface area contributed by atoms with Gasteiger partial charge >= 0.3 is 0 Å². The summed E-state index contributed by atoms with van der Waals surface area (Å²) in [5.41, 5.74) is -0.264. The summed E-state index contributed by atoms with van der Waals surface area (Å²) in [6.45, 7) is 6.65. The van der Waals surface area contributed by atoms with E-state index in [4.69, 9.17) is 0 Å². The van der Waals surface area contributed by atoms with Gasteiger partial charge in [-0.3, -0.25) is 5.32 Å². The van der Waals surface area contributed by atoms with E-state index in [1.165, 1.54) is 19.3 Å². The highest BCUT2D eigenvalue weighted by Gasteiger charge is 2.33. The highest BCUT2D eigenvalue weighted by atomic mass is 15.0. The number of hydrogen-bond acceptors (Lipinski definition) is 2. The van der Waals surface area contributed by atoms with Crippen LogP contribution in [0.15, 0.2) is 12.7 Å². The van der Waals surface area contributed by atoms with Crippen LogP contribution in [0.3, 0.4) is 0 Å². The van der Waals surface area contributed by atoms with Gasteiger partial charge in [0.25, 0.3) is 0 Å². The first-order valence-electron chi connectivity index (χ1n) is 5.53. The quantitative estimate of drug-likeness (QED) is 0.695. The summed E-state index contributed by atoms with van der Waals surface area (Å²) in [4.78, 5) is 0. The fourth-order valence-electron chi connectivity index (χ4n) is 2.17. The standard InChI is InChI=1S/C12H20N2/c1-3-9-14-12(10-13)7-5-11(4-2)6-8-12/h3,11,14H,1,4-9H2,2H3. The molecule has 0 aliphatic heterocycles. The van der Waals surface area contributed by atoms with Crippen molar-refractivity contribution in [2.75, 3.05) is 6.54 Å². The maximum absolute atomic E-state index is 9.18. The smallest absolute Gasteiger partial charge is 0.107 e. The highest BCUT2D eigenvalue weighted by molar-refractivity contribution is 5.09. The van der Waals surface area contributed by atoms with E-state index in [1.54, 1.807) is 0 Å². The second-order valence-corrected chi connectivity index (χ2v) is 4.22. The van der Waals surface area contributed by atoms with Crippen molar-refractivity contribution in [3.8, 4) is 6.07 Å². The van der Waals surface area contributed by atoms with Crippen LogP contribution in [-0.2, 0) is 0 Å². The molecule has 14 heavy (non-hydrogen) atoms. The van der Waals surface area contributed by atoms with E-state index in [1.807, 2.05) is 6.08 Å². The monoisotopic (exact) mass is 192 g/mol. The fourth-order valence-corrected chi connectivity index (χ4v) is 2.17. The summed E-state index contributed by atoms with van der Waals surface area (Å²) in [5.74, 6) is 0.835. The minimum Gasteiger partial charge on any atom is -0.296 e. The van der Waals surface area contributed by atoms with Gasteiger partial charge in [0.1, 0.15) is 5.54 Å². The Morgan fingerprint density at radius 3 is 2.64 bits per heavy atom. The van der Waals surface area contributed by atoms with Crippen LogP contribution in [0.5, 0.6) is 0 Å². The molecule has 2 nitrogen and oxygen atoms in total. The topological polar surface area (TPSA) is 35.8 Å². The minimum atomic E-state index is -0.264. The van der Waals surface area contributed by atoms with Crippen LogP contribution in [-0.4, -0.2) is 12.1 Å². The zero-order chi connectivity index (χ0) is 10.4. The molecule has 1 aliphatic carbocycles. The Kier molecular flexibility index (Phi) is 4.16. The molecule has 0 heterocycles. The molecule has 1 aliphatic rings. The molecule has 0 aromatic heterocycles. The summed E-state index contributed by atoms with van der Waals surface area (Å²) in [6, 6.07) is 2.44. The third-order valence-electron chi connectivity index (χ3n) is 3.33. The third-order valence-corrected chi connectivity index (χ3v) is 3.33. The Balaban J connectivity index is 2.48. The Hall–Kier alpha value is -0.810. The first-order valence-corrected chi connectivity index (χ1v) is 5.53. The van der Waals surface area contributed by atoms with Gasteiger partial charge in [0.05, 0.1) is 6.07 Å². The maximum atomic E-state index is 9.18. The van der Waals surface area contributed by atoms with E-state index in [0.29, 0.717) is 0 Å². The SMILES string of the molecule is C=CCNC1(C#N)CCC(CC)CC1. The van der Waals surface area contributed by atoms with E-state index in [0.717, 1.165) is 25.3 Å². The van der Waals surface area contributed by atoms with Crippen LogP contribution >= 0.6 is 0 Å². The van der Waals surface area contributed by atoms with Gasteiger partial charge in [-0.05, 0) is 31.6 Å². The number of nitrogens with one attached hydrogen (secondary N) is 1. The summed E-state index contributed by atoms with van der Waals surface area (Å²) >= 11 is 0. The van der Waals surface area contributed by atoms with E-state index in [2.05, 4.69) is 24.9 Å². The highest BCUT2D eigenvalue weighted by Crippen LogP contribution is 2.33. The molecule has 1 rings (SSSR count). The van der Waals surface area contributed by atoms with Crippen LogP contribution in [0, 0.1) is 17.2 Å². The molecular weight excluding hydrogens is 172 g/mol. The van der Waals surface area contributed by atoms with E-state index >= 15 is 0 Å². The lowest BCUT2D eigenvalue weighted by Crippen LogP contribution is -2.46. The number of nitriles is 1. The molecule has 0 spiro atoms. The van der Waals surface area contributed by atoms with Crippen LogP contribution in [0.4, 0.5) is 0 Å². The largest absolute Gasteiger partial charge is 0.296 e. The molecule has 1 N–H and O–H groups in total. The molecule has 0 aromatic carbocycles. The molecule has 0 bridgehead atoms. The van der Waals surface area contributed by atoms with Crippen LogP contribution < -0.4 is 5.32 Å². The predicted octanol–water partition coefficient (Wildman–Crippen LogP) is 2.62. The summed E-state index contributed by atoms with van der Waals surface area (Å²) in [6.07, 6.45) is 7.45. The molecular formula is C12H20N2. The Morgan fingerprint density at radius 1 is 1.57 bits per heavy atom. The average Bonchev–Trinajstić information content (AvgIpc) is 2.27. The van der Waals surface area contributed by atoms with Gasteiger partial charge in [-0.2, -0.15) is 5.26 Å². The fraction of sp³-hybridized carbons (Fsp3) is 0.750. The van der Waals surface area contributed by atoms with Crippen molar-refractivity contribution in [1.29, 1.82) is 5.26 Å². The maximum Gasteiger partial charge on any atom is 0.107 e. The minimum absolute atomic E-state index is 0.264. The van der Waals surface area contributed by atoms with Crippen molar-refractivity contribution in [3.05, 3.63) is 12.7 Å². The Bertz CT molecular complexity index is 219. The van der Waals surface area contributed by atoms with Crippen LogP contribution in [0.2, 0.25) is 0 Å². The molecule has 78 valence electrons. The molecule has 0 amide bonds. The van der Waals surface area contributed by atoms with Gasteiger partial charge < -0.3 is 0 Å². The molecule has 0 aromatic rings. The van der Waals surface area contributed by atoms with Crippen molar-refractivity contribution < 1.29 is 0 Å². The normalized spacial score (nSPS) is 32.1. The first-order chi connectivity index (χ1) is 6.76. The average molecular weight is 192 g/mol. The van der Waals surface area contributed by atoms with Gasteiger partial charge in [-0.25, -0.2) is 0 Å². The van der Waals surface area contributed by atoms with Gasteiger partial charge in [0, 0.05) is 6.54 Å². The number of rotatable bonds is 4. The van der Waals surface area contributed by atoms with Gasteiger partial charge in [-0.15, -0.1) is 6.58 Å². The van der Waals surface area contributed by atoms with Crippen molar-refractivity contribution in [2.24, 2.45) is 5.92 Å². The van der Waals surface area contributed by atoms with Crippen molar-refractivity contribution in [2.45, 2.75) is 44.6 Å². The lowest BCUT2D eigenvalue weighted by atomic mass is 9.76. The number of nitrogens with zero attached hydrogens (tertiary/aromatic N) is 1. The van der Waals surface area contributed by atoms with Gasteiger partial charge in [0.2, 0.25) is 0 Å². The summed E-state index contributed by atoms with van der Waals surface area (Å²) in [5, 5.41) is 12.5. The third kappa shape index (κ3) is 2.59. The lowest BCUT2D eigenvalue weighted by Gasteiger charge is -2.35. The predicted molar refractivity (Wildman–Crippen MR) is 58.8 cm³/mol. The van der Waals surface area contributed by atoms with E-state index in [-0.39, 0.29) is 5.54 Å². The Morgan fingerprint density at radius 2 is 2.21 bits per heavy atom. The van der Waals surface area contributed by atoms with Crippen LogP contribution in [0.1, 0.15) is 39.0 Å².